The van der Waals surface area contributed by atoms with Crippen LogP contribution in [0.2, 0.25) is 10.0 Å². The van der Waals surface area contributed by atoms with Gasteiger partial charge in [0.25, 0.3) is 0 Å². The molecule has 3 nitrogen and oxygen atoms in total. The molecule has 5 heteroatoms. The van der Waals surface area contributed by atoms with Gasteiger partial charge in [-0.2, -0.15) is 0 Å². The second-order valence-corrected chi connectivity index (χ2v) is 5.25. The van der Waals surface area contributed by atoms with Gasteiger partial charge >= 0.3 is 0 Å². The number of fused-ring (bicyclic) bond motifs is 1. The van der Waals surface area contributed by atoms with Crippen LogP contribution in [0.5, 0.6) is 0 Å². The van der Waals surface area contributed by atoms with Crippen LogP contribution in [0.25, 0.3) is 16.9 Å². The smallest absolute Gasteiger partial charge is 0.137 e. The summed E-state index contributed by atoms with van der Waals surface area (Å²) in [5.41, 5.74) is 10.3. The van der Waals surface area contributed by atoms with E-state index < -0.39 is 0 Å². The van der Waals surface area contributed by atoms with E-state index >= 15 is 0 Å². The van der Waals surface area contributed by atoms with Crippen molar-refractivity contribution in [2.75, 3.05) is 5.73 Å². The summed E-state index contributed by atoms with van der Waals surface area (Å²) in [4.78, 5) is 4.56. The summed E-state index contributed by atoms with van der Waals surface area (Å²) in [5.74, 6) is 0. The highest BCUT2D eigenvalue weighted by Gasteiger charge is 2.07. The Hall–Kier alpha value is -1.71. The number of benzene rings is 1. The van der Waals surface area contributed by atoms with Crippen molar-refractivity contribution in [2.45, 2.75) is 6.92 Å². The van der Waals surface area contributed by atoms with Crippen molar-refractivity contribution in [1.29, 1.82) is 0 Å². The van der Waals surface area contributed by atoms with Crippen LogP contribution in [0.15, 0.2) is 36.7 Å². The van der Waals surface area contributed by atoms with E-state index in [0.717, 1.165) is 28.2 Å². The molecule has 1 aromatic carbocycles. The number of pyridine rings is 1. The molecule has 0 aliphatic carbocycles. The number of halogens is 2. The molecule has 0 fully saturated rings. The van der Waals surface area contributed by atoms with Crippen molar-refractivity contribution in [3.8, 4) is 11.3 Å². The highest BCUT2D eigenvalue weighted by Crippen LogP contribution is 2.28. The highest BCUT2D eigenvalue weighted by molar-refractivity contribution is 6.42. The van der Waals surface area contributed by atoms with Crippen LogP contribution in [-0.4, -0.2) is 9.38 Å². The fourth-order valence-electron chi connectivity index (χ4n) is 1.94. The topological polar surface area (TPSA) is 43.3 Å². The number of aromatic nitrogens is 2. The second-order valence-electron chi connectivity index (χ2n) is 4.43. The summed E-state index contributed by atoms with van der Waals surface area (Å²) in [6.07, 6.45) is 3.78. The quantitative estimate of drug-likeness (QED) is 0.730. The molecule has 0 radical (unpaired) electrons. The lowest BCUT2D eigenvalue weighted by Gasteiger charge is -1.99. The van der Waals surface area contributed by atoms with Gasteiger partial charge in [0.1, 0.15) is 5.65 Å². The molecule has 2 N–H and O–H groups in total. The minimum atomic E-state index is 0.520. The SMILES string of the molecule is Cc1cc2nc(-c3ccc(Cl)c(Cl)c3)cn2cc1N. The third kappa shape index (κ3) is 2.15. The average Bonchev–Trinajstić information content (AvgIpc) is 2.76. The molecule has 0 bridgehead atoms. The Morgan fingerprint density at radius 3 is 2.63 bits per heavy atom. The molecule has 96 valence electrons. The molecule has 2 heterocycles. The molecule has 0 spiro atoms. The molecule has 19 heavy (non-hydrogen) atoms. The Balaban J connectivity index is 2.17. The maximum absolute atomic E-state index is 6.03. The standard InChI is InChI=1S/C14H11Cl2N3/c1-8-4-14-18-13(7-19(14)6-12(8)17)9-2-3-10(15)11(16)5-9/h2-7H,17H2,1H3. The number of nitrogens with zero attached hydrogens (tertiary/aromatic N) is 2. The number of anilines is 1. The van der Waals surface area contributed by atoms with Gasteiger partial charge in [0.15, 0.2) is 0 Å². The monoisotopic (exact) mass is 291 g/mol. The van der Waals surface area contributed by atoms with E-state index in [-0.39, 0.29) is 0 Å². The first-order chi connectivity index (χ1) is 9.04. The van der Waals surface area contributed by atoms with E-state index in [2.05, 4.69) is 4.98 Å². The first kappa shape index (κ1) is 12.3. The zero-order valence-electron chi connectivity index (χ0n) is 10.2. The van der Waals surface area contributed by atoms with Crippen LogP contribution < -0.4 is 5.73 Å². The third-order valence-corrected chi connectivity index (χ3v) is 3.79. The number of aryl methyl sites for hydroxylation is 1. The summed E-state index contributed by atoms with van der Waals surface area (Å²) < 4.78 is 1.90. The number of imidazole rings is 1. The molecule has 0 amide bonds. The Bertz CT molecular complexity index is 739. The Morgan fingerprint density at radius 2 is 1.89 bits per heavy atom. The van der Waals surface area contributed by atoms with Crippen LogP contribution in [0.3, 0.4) is 0 Å². The van der Waals surface area contributed by atoms with Crippen molar-refractivity contribution in [3.63, 3.8) is 0 Å². The van der Waals surface area contributed by atoms with Gasteiger partial charge in [-0.15, -0.1) is 0 Å². The first-order valence-electron chi connectivity index (χ1n) is 5.75. The Labute approximate surface area is 120 Å². The van der Waals surface area contributed by atoms with E-state index in [9.17, 15) is 0 Å². The summed E-state index contributed by atoms with van der Waals surface area (Å²) in [5, 5.41) is 1.06. The highest BCUT2D eigenvalue weighted by atomic mass is 35.5. The van der Waals surface area contributed by atoms with Gasteiger partial charge in [-0.3, -0.25) is 0 Å². The number of hydrogen-bond donors (Lipinski definition) is 1. The zero-order valence-corrected chi connectivity index (χ0v) is 11.7. The summed E-state index contributed by atoms with van der Waals surface area (Å²) in [6.45, 7) is 1.96. The normalized spacial score (nSPS) is 11.1. The van der Waals surface area contributed by atoms with Crippen molar-refractivity contribution in [3.05, 3.63) is 52.3 Å². The molecular formula is C14H11Cl2N3. The number of rotatable bonds is 1. The van der Waals surface area contributed by atoms with Crippen LogP contribution in [0, 0.1) is 6.92 Å². The van der Waals surface area contributed by atoms with Gasteiger partial charge in [-0.05, 0) is 30.7 Å². The van der Waals surface area contributed by atoms with E-state index in [0.29, 0.717) is 10.0 Å². The van der Waals surface area contributed by atoms with E-state index in [4.69, 9.17) is 28.9 Å². The van der Waals surface area contributed by atoms with Crippen molar-refractivity contribution in [1.82, 2.24) is 9.38 Å². The molecular weight excluding hydrogens is 281 g/mol. The van der Waals surface area contributed by atoms with Gasteiger partial charge in [0.05, 0.1) is 21.4 Å². The van der Waals surface area contributed by atoms with Gasteiger partial charge in [0, 0.05) is 18.0 Å². The summed E-state index contributed by atoms with van der Waals surface area (Å²) >= 11 is 11.9. The van der Waals surface area contributed by atoms with Gasteiger partial charge in [0.2, 0.25) is 0 Å². The molecule has 0 saturated carbocycles. The number of nitrogen functional groups attached to an aromatic ring is 1. The van der Waals surface area contributed by atoms with Crippen molar-refractivity contribution < 1.29 is 0 Å². The van der Waals surface area contributed by atoms with Crippen LogP contribution in [-0.2, 0) is 0 Å². The minimum Gasteiger partial charge on any atom is -0.397 e. The average molecular weight is 292 g/mol. The van der Waals surface area contributed by atoms with E-state index in [1.807, 2.05) is 41.9 Å². The minimum absolute atomic E-state index is 0.520. The van der Waals surface area contributed by atoms with Crippen LogP contribution in [0.4, 0.5) is 5.69 Å². The lowest BCUT2D eigenvalue weighted by molar-refractivity contribution is 1.18. The predicted molar refractivity (Wildman–Crippen MR) is 79.8 cm³/mol. The Morgan fingerprint density at radius 1 is 1.11 bits per heavy atom. The first-order valence-corrected chi connectivity index (χ1v) is 6.50. The van der Waals surface area contributed by atoms with Crippen molar-refractivity contribution >= 4 is 34.5 Å². The Kier molecular flexibility index (Phi) is 2.88. The van der Waals surface area contributed by atoms with Gasteiger partial charge in [-0.25, -0.2) is 4.98 Å². The molecule has 3 aromatic rings. The molecule has 3 rings (SSSR count). The van der Waals surface area contributed by atoms with E-state index in [1.54, 1.807) is 6.07 Å². The molecule has 0 unspecified atom stereocenters. The fraction of sp³-hybridized carbons (Fsp3) is 0.0714. The number of hydrogen-bond acceptors (Lipinski definition) is 2. The molecule has 0 saturated heterocycles. The van der Waals surface area contributed by atoms with Crippen molar-refractivity contribution in [2.24, 2.45) is 0 Å². The van der Waals surface area contributed by atoms with Gasteiger partial charge < -0.3 is 10.1 Å². The zero-order chi connectivity index (χ0) is 13.6. The predicted octanol–water partition coefficient (Wildman–Crippen LogP) is 4.20. The molecule has 0 aliphatic heterocycles. The van der Waals surface area contributed by atoms with E-state index in [1.165, 1.54) is 0 Å². The number of nitrogens with two attached hydrogens (primary N) is 1. The second kappa shape index (κ2) is 4.44. The summed E-state index contributed by atoms with van der Waals surface area (Å²) in [7, 11) is 0. The third-order valence-electron chi connectivity index (χ3n) is 3.06. The van der Waals surface area contributed by atoms with Crippen LogP contribution >= 0.6 is 23.2 Å². The fourth-order valence-corrected chi connectivity index (χ4v) is 2.24. The van der Waals surface area contributed by atoms with Crippen LogP contribution in [0.1, 0.15) is 5.56 Å². The molecule has 0 aliphatic rings. The van der Waals surface area contributed by atoms with Gasteiger partial charge in [-0.1, -0.05) is 29.3 Å². The molecule has 0 atom stereocenters. The largest absolute Gasteiger partial charge is 0.397 e. The maximum Gasteiger partial charge on any atom is 0.137 e. The summed E-state index contributed by atoms with van der Waals surface area (Å²) in [6, 6.07) is 7.42. The lowest BCUT2D eigenvalue weighted by Crippen LogP contribution is -1.93. The lowest BCUT2D eigenvalue weighted by atomic mass is 10.2. The maximum atomic E-state index is 6.03. The molecule has 2 aromatic heterocycles.